The van der Waals surface area contributed by atoms with Gasteiger partial charge in [-0.25, -0.2) is 22.9 Å². The monoisotopic (exact) mass is 496 g/mol. The van der Waals surface area contributed by atoms with Crippen molar-refractivity contribution in [2.24, 2.45) is 10.9 Å². The van der Waals surface area contributed by atoms with Gasteiger partial charge in [0.2, 0.25) is 15.9 Å². The van der Waals surface area contributed by atoms with Crippen LogP contribution in [-0.2, 0) is 19.6 Å². The molecule has 176 valence electrons. The van der Waals surface area contributed by atoms with Crippen molar-refractivity contribution >= 4 is 33.5 Å². The molecule has 1 N–H and O–H groups in total. The summed E-state index contributed by atoms with van der Waals surface area (Å²) in [7, 11) is -4.01. The molecule has 1 aliphatic heterocycles. The number of esters is 1. The predicted molar refractivity (Wildman–Crippen MR) is 132 cm³/mol. The van der Waals surface area contributed by atoms with Crippen molar-refractivity contribution in [1.82, 2.24) is 4.72 Å². The number of carbonyl (C=O) groups excluding carboxylic acids is 1. The van der Waals surface area contributed by atoms with E-state index in [1.807, 2.05) is 39.0 Å². The Kier molecular flexibility index (Phi) is 6.62. The van der Waals surface area contributed by atoms with Gasteiger partial charge >= 0.3 is 5.97 Å². The van der Waals surface area contributed by atoms with Crippen LogP contribution in [0.3, 0.4) is 0 Å². The second-order valence-corrected chi connectivity index (χ2v) is 10.7. The zero-order valence-corrected chi connectivity index (χ0v) is 20.6. The average molecular weight is 497 g/mol. The van der Waals surface area contributed by atoms with E-state index >= 15 is 0 Å². The number of carbonyl (C=O) groups is 1. The van der Waals surface area contributed by atoms with Gasteiger partial charge < -0.3 is 4.74 Å². The van der Waals surface area contributed by atoms with E-state index in [1.165, 1.54) is 12.1 Å². The third-order valence-corrected chi connectivity index (χ3v) is 7.64. The van der Waals surface area contributed by atoms with Crippen LogP contribution in [0.15, 0.2) is 88.8 Å². The van der Waals surface area contributed by atoms with E-state index < -0.39 is 33.5 Å². The lowest BCUT2D eigenvalue weighted by Crippen LogP contribution is -2.52. The number of hydrogen-bond acceptors (Lipinski definition) is 5. The molecule has 0 fully saturated rings. The first-order valence-electron chi connectivity index (χ1n) is 10.9. The molecule has 3 aromatic rings. The zero-order valence-electron chi connectivity index (χ0n) is 19.0. The molecule has 4 rings (SSSR count). The summed E-state index contributed by atoms with van der Waals surface area (Å²) in [5.41, 5.74) is 0.582. The van der Waals surface area contributed by atoms with Crippen LogP contribution in [0.2, 0.25) is 5.02 Å². The summed E-state index contributed by atoms with van der Waals surface area (Å²) in [6.07, 6.45) is 0. The van der Waals surface area contributed by atoms with Gasteiger partial charge in [-0.3, -0.25) is 0 Å². The fourth-order valence-electron chi connectivity index (χ4n) is 4.00. The highest BCUT2D eigenvalue weighted by Gasteiger charge is 2.56. The van der Waals surface area contributed by atoms with Crippen LogP contribution in [0.1, 0.15) is 36.6 Å². The molecular formula is C26H25ClN2O4S. The van der Waals surface area contributed by atoms with Crippen molar-refractivity contribution in [2.45, 2.75) is 37.2 Å². The lowest BCUT2D eigenvalue weighted by Gasteiger charge is -2.35. The van der Waals surface area contributed by atoms with E-state index in [0.29, 0.717) is 16.1 Å². The normalized spacial score (nSPS) is 19.1. The SMILES string of the molecule is Cc1ccc(S(=O)(=O)N[C@@H](c2ccc(Cl)cc2)[C@@]2(C(C)C)N=C(c3ccccc3)OC2=O)cc1. The molecule has 0 saturated carbocycles. The first-order valence-corrected chi connectivity index (χ1v) is 12.7. The summed E-state index contributed by atoms with van der Waals surface area (Å²) < 4.78 is 35.3. The van der Waals surface area contributed by atoms with Gasteiger partial charge in [-0.05, 0) is 54.8 Å². The van der Waals surface area contributed by atoms with Crippen molar-refractivity contribution in [3.05, 3.63) is 101 Å². The molecule has 0 aliphatic carbocycles. The highest BCUT2D eigenvalue weighted by atomic mass is 35.5. The molecule has 0 unspecified atom stereocenters. The summed E-state index contributed by atoms with van der Waals surface area (Å²) in [5, 5.41) is 0.491. The summed E-state index contributed by atoms with van der Waals surface area (Å²) in [6.45, 7) is 5.52. The third-order valence-electron chi connectivity index (χ3n) is 5.95. The van der Waals surface area contributed by atoms with Gasteiger partial charge in [0.15, 0.2) is 5.54 Å². The van der Waals surface area contributed by atoms with Gasteiger partial charge in [0, 0.05) is 10.6 Å². The number of cyclic esters (lactones) is 1. The summed E-state index contributed by atoms with van der Waals surface area (Å²) >= 11 is 6.09. The summed E-state index contributed by atoms with van der Waals surface area (Å²) in [6, 6.07) is 21.2. The van der Waals surface area contributed by atoms with Crippen molar-refractivity contribution in [3.8, 4) is 0 Å². The lowest BCUT2D eigenvalue weighted by atomic mass is 9.78. The maximum absolute atomic E-state index is 13.5. The van der Waals surface area contributed by atoms with Gasteiger partial charge in [-0.1, -0.05) is 73.5 Å². The molecule has 1 aliphatic rings. The average Bonchev–Trinajstić information content (AvgIpc) is 3.17. The van der Waals surface area contributed by atoms with E-state index in [-0.39, 0.29) is 10.8 Å². The maximum atomic E-state index is 13.5. The molecule has 0 amide bonds. The molecule has 34 heavy (non-hydrogen) atoms. The summed E-state index contributed by atoms with van der Waals surface area (Å²) in [5.74, 6) is -0.858. The van der Waals surface area contributed by atoms with Crippen LogP contribution >= 0.6 is 11.6 Å². The number of halogens is 1. The second-order valence-electron chi connectivity index (χ2n) is 8.57. The Morgan fingerprint density at radius 2 is 1.56 bits per heavy atom. The molecule has 2 atom stereocenters. The molecule has 0 spiro atoms. The number of ether oxygens (including phenoxy) is 1. The van der Waals surface area contributed by atoms with Gasteiger partial charge in [-0.2, -0.15) is 0 Å². The van der Waals surface area contributed by atoms with Crippen LogP contribution in [0.25, 0.3) is 0 Å². The van der Waals surface area contributed by atoms with E-state index in [2.05, 4.69) is 4.72 Å². The van der Waals surface area contributed by atoms with Crippen LogP contribution in [-0.4, -0.2) is 25.8 Å². The quantitative estimate of drug-likeness (QED) is 0.463. The van der Waals surface area contributed by atoms with Crippen LogP contribution in [0.5, 0.6) is 0 Å². The third kappa shape index (κ3) is 4.51. The fraction of sp³-hybridized carbons (Fsp3) is 0.231. The highest BCUT2D eigenvalue weighted by Crippen LogP contribution is 2.42. The van der Waals surface area contributed by atoms with E-state index in [0.717, 1.165) is 5.56 Å². The molecule has 0 saturated heterocycles. The molecule has 6 nitrogen and oxygen atoms in total. The Morgan fingerprint density at radius 1 is 0.941 bits per heavy atom. The minimum Gasteiger partial charge on any atom is -0.405 e. The molecule has 0 aromatic heterocycles. The van der Waals surface area contributed by atoms with Crippen LogP contribution in [0, 0.1) is 12.8 Å². The molecular weight excluding hydrogens is 472 g/mol. The largest absolute Gasteiger partial charge is 0.405 e. The predicted octanol–water partition coefficient (Wildman–Crippen LogP) is 5.07. The van der Waals surface area contributed by atoms with Crippen molar-refractivity contribution in [1.29, 1.82) is 0 Å². The topological polar surface area (TPSA) is 84.8 Å². The van der Waals surface area contributed by atoms with Gasteiger partial charge in [0.05, 0.1) is 10.9 Å². The number of aryl methyl sites for hydroxylation is 1. The lowest BCUT2D eigenvalue weighted by molar-refractivity contribution is -0.141. The number of aliphatic imine (C=N–C) groups is 1. The van der Waals surface area contributed by atoms with E-state index in [4.69, 9.17) is 21.3 Å². The number of nitrogens with one attached hydrogen (secondary N) is 1. The fourth-order valence-corrected chi connectivity index (χ4v) is 5.38. The molecule has 1 heterocycles. The number of benzene rings is 3. The first kappa shape index (κ1) is 24.1. The Morgan fingerprint density at radius 3 is 2.15 bits per heavy atom. The number of rotatable bonds is 7. The standard InChI is InChI=1S/C26H25ClN2O4S/c1-17(2)26(25(30)33-24(28-26)20-7-5-4-6-8-20)23(19-11-13-21(27)14-12-19)29-34(31,32)22-15-9-18(3)10-16-22/h4-17,23,29H,1-3H3/t23-,26+/m0/s1. The van der Waals surface area contributed by atoms with Gasteiger partial charge in [0.1, 0.15) is 0 Å². The van der Waals surface area contributed by atoms with Gasteiger partial charge in [-0.15, -0.1) is 0 Å². The van der Waals surface area contributed by atoms with Crippen LogP contribution < -0.4 is 4.72 Å². The molecule has 8 heteroatoms. The van der Waals surface area contributed by atoms with E-state index in [1.54, 1.807) is 48.5 Å². The molecule has 0 radical (unpaired) electrons. The minimum absolute atomic E-state index is 0.0922. The van der Waals surface area contributed by atoms with Gasteiger partial charge in [0.25, 0.3) is 0 Å². The molecule has 3 aromatic carbocycles. The Bertz CT molecular complexity index is 1320. The number of hydrogen-bond donors (Lipinski definition) is 1. The van der Waals surface area contributed by atoms with E-state index in [9.17, 15) is 13.2 Å². The zero-order chi connectivity index (χ0) is 24.5. The highest BCUT2D eigenvalue weighted by molar-refractivity contribution is 7.89. The van der Waals surface area contributed by atoms with Crippen LogP contribution in [0.4, 0.5) is 0 Å². The van der Waals surface area contributed by atoms with Crippen molar-refractivity contribution in [2.75, 3.05) is 0 Å². The minimum atomic E-state index is -4.01. The Labute approximate surface area is 204 Å². The molecule has 0 bridgehead atoms. The van der Waals surface area contributed by atoms with Crippen molar-refractivity contribution < 1.29 is 17.9 Å². The van der Waals surface area contributed by atoms with Crippen molar-refractivity contribution in [3.63, 3.8) is 0 Å². The Balaban J connectivity index is 1.87. The number of nitrogens with zero attached hydrogens (tertiary/aromatic N) is 1. The second kappa shape index (κ2) is 9.33. The number of sulfonamides is 1. The summed E-state index contributed by atoms with van der Waals surface area (Å²) in [4.78, 5) is 18.3. The maximum Gasteiger partial charge on any atom is 0.343 e. The Hall–Kier alpha value is -3.00. The first-order chi connectivity index (χ1) is 16.1. The smallest absolute Gasteiger partial charge is 0.343 e.